The van der Waals surface area contributed by atoms with Gasteiger partial charge in [-0.15, -0.1) is 0 Å². The van der Waals surface area contributed by atoms with Crippen LogP contribution in [0.4, 0.5) is 4.39 Å². The molecule has 1 fully saturated rings. The van der Waals surface area contributed by atoms with Crippen LogP contribution in [-0.4, -0.2) is 40.9 Å². The molecule has 1 aromatic carbocycles. The molecule has 23 heavy (non-hydrogen) atoms. The molecule has 122 valence electrons. The van der Waals surface area contributed by atoms with Crippen molar-refractivity contribution in [2.75, 3.05) is 20.1 Å². The quantitative estimate of drug-likeness (QED) is 0.797. The van der Waals surface area contributed by atoms with Gasteiger partial charge in [0, 0.05) is 23.7 Å². The summed E-state index contributed by atoms with van der Waals surface area (Å²) in [7, 11) is 2.05. The molecule has 1 aliphatic rings. The Bertz CT molecular complexity index is 812. The van der Waals surface area contributed by atoms with Gasteiger partial charge in [-0.05, 0) is 32.1 Å². The molecule has 0 bridgehead atoms. The molecule has 7 heteroatoms. The van der Waals surface area contributed by atoms with E-state index in [1.54, 1.807) is 0 Å². The third-order valence-corrected chi connectivity index (χ3v) is 4.55. The molecule has 2 heterocycles. The van der Waals surface area contributed by atoms with Gasteiger partial charge in [-0.1, -0.05) is 6.92 Å². The summed E-state index contributed by atoms with van der Waals surface area (Å²) in [5.41, 5.74) is 12.8. The first kappa shape index (κ1) is 15.5. The van der Waals surface area contributed by atoms with E-state index in [9.17, 15) is 9.18 Å². The number of imidazole rings is 1. The molecule has 1 unspecified atom stereocenters. The first-order valence-electron chi connectivity index (χ1n) is 7.44. The van der Waals surface area contributed by atoms with Crippen molar-refractivity contribution in [2.24, 2.45) is 16.9 Å². The number of carbonyl (C=O) groups is 1. The lowest BCUT2D eigenvalue weighted by Crippen LogP contribution is -2.24. The number of benzene rings is 1. The first-order valence-corrected chi connectivity index (χ1v) is 7.44. The van der Waals surface area contributed by atoms with E-state index >= 15 is 0 Å². The number of likely N-dealkylation sites (tertiary alicyclic amines) is 1. The molecule has 1 amide bonds. The van der Waals surface area contributed by atoms with Crippen LogP contribution >= 0.6 is 0 Å². The number of hydrogen-bond donors (Lipinski definition) is 3. The summed E-state index contributed by atoms with van der Waals surface area (Å²) in [6.07, 6.45) is 2.48. The van der Waals surface area contributed by atoms with E-state index in [4.69, 9.17) is 11.5 Å². The van der Waals surface area contributed by atoms with Gasteiger partial charge < -0.3 is 21.4 Å². The van der Waals surface area contributed by atoms with E-state index in [2.05, 4.69) is 28.8 Å². The second-order valence-electron chi connectivity index (χ2n) is 6.43. The van der Waals surface area contributed by atoms with E-state index in [1.165, 1.54) is 12.3 Å². The number of primary amides is 1. The molecule has 0 spiro atoms. The number of amides is 1. The Labute approximate surface area is 133 Å². The number of hydrogen-bond acceptors (Lipinski definition) is 4. The van der Waals surface area contributed by atoms with E-state index < -0.39 is 11.7 Å². The summed E-state index contributed by atoms with van der Waals surface area (Å²) >= 11 is 0. The zero-order valence-corrected chi connectivity index (χ0v) is 13.2. The maximum absolute atomic E-state index is 13.7. The van der Waals surface area contributed by atoms with Crippen molar-refractivity contribution in [2.45, 2.75) is 13.3 Å². The van der Waals surface area contributed by atoms with Crippen molar-refractivity contribution in [3.8, 4) is 0 Å². The molecule has 5 N–H and O–H groups in total. The van der Waals surface area contributed by atoms with E-state index in [0.717, 1.165) is 31.1 Å². The second-order valence-corrected chi connectivity index (χ2v) is 6.43. The van der Waals surface area contributed by atoms with E-state index in [1.807, 2.05) is 0 Å². The molecule has 0 radical (unpaired) electrons. The van der Waals surface area contributed by atoms with Crippen molar-refractivity contribution in [3.05, 3.63) is 35.5 Å². The summed E-state index contributed by atoms with van der Waals surface area (Å²) in [6, 6.07) is 2.40. The largest absolute Gasteiger partial charge is 0.404 e. The molecular formula is C16H20FN5O. The number of fused-ring (bicyclic) bond motifs is 1. The fraction of sp³-hybridized carbons (Fsp3) is 0.375. The number of nitrogens with zero attached hydrogens (tertiary/aromatic N) is 2. The van der Waals surface area contributed by atoms with Gasteiger partial charge in [0.15, 0.2) is 0 Å². The number of carbonyl (C=O) groups excluding carboxylic acids is 1. The Morgan fingerprint density at radius 2 is 2.26 bits per heavy atom. The zero-order chi connectivity index (χ0) is 16.8. The predicted molar refractivity (Wildman–Crippen MR) is 87.0 cm³/mol. The van der Waals surface area contributed by atoms with Gasteiger partial charge in [0.25, 0.3) is 5.91 Å². The molecule has 1 aromatic heterocycles. The Morgan fingerprint density at radius 1 is 1.52 bits per heavy atom. The van der Waals surface area contributed by atoms with E-state index in [0.29, 0.717) is 16.9 Å². The van der Waals surface area contributed by atoms with Gasteiger partial charge in [-0.3, -0.25) is 4.79 Å². The Hall–Kier alpha value is -2.41. The fourth-order valence-electron chi connectivity index (χ4n) is 3.37. The number of halogens is 1. The summed E-state index contributed by atoms with van der Waals surface area (Å²) < 4.78 is 13.7. The number of aromatic nitrogens is 2. The highest BCUT2D eigenvalue weighted by atomic mass is 19.1. The van der Waals surface area contributed by atoms with Gasteiger partial charge in [0.2, 0.25) is 0 Å². The zero-order valence-electron chi connectivity index (χ0n) is 13.2. The minimum absolute atomic E-state index is 0.0626. The van der Waals surface area contributed by atoms with Crippen molar-refractivity contribution in [1.82, 2.24) is 14.9 Å². The Balaban J connectivity index is 2.13. The fourth-order valence-corrected chi connectivity index (χ4v) is 3.37. The van der Waals surface area contributed by atoms with Crippen LogP contribution in [0.25, 0.3) is 16.6 Å². The smallest absolute Gasteiger partial charge is 0.251 e. The number of H-pyrrole nitrogens is 1. The topological polar surface area (TPSA) is 101 Å². The maximum atomic E-state index is 13.7. The minimum Gasteiger partial charge on any atom is -0.404 e. The molecular weight excluding hydrogens is 297 g/mol. The highest BCUT2D eigenvalue weighted by molar-refractivity contribution is 6.04. The SMILES string of the molecule is CN1CCC(C)(C(=CN)c2nc3c(C(N)=O)cc(F)cc3[nH]2)C1. The predicted octanol–water partition coefficient (Wildman–Crippen LogP) is 1.44. The van der Waals surface area contributed by atoms with Crippen molar-refractivity contribution in [1.29, 1.82) is 0 Å². The number of aromatic amines is 1. The minimum atomic E-state index is -0.711. The molecule has 0 aliphatic carbocycles. The second kappa shape index (κ2) is 5.34. The molecule has 6 nitrogen and oxygen atoms in total. The van der Waals surface area contributed by atoms with Crippen molar-refractivity contribution in [3.63, 3.8) is 0 Å². The molecule has 1 atom stereocenters. The summed E-state index contributed by atoms with van der Waals surface area (Å²) in [4.78, 5) is 21.3. The third-order valence-electron chi connectivity index (χ3n) is 4.55. The third kappa shape index (κ3) is 2.57. The van der Waals surface area contributed by atoms with Crippen LogP contribution < -0.4 is 11.5 Å². The lowest BCUT2D eigenvalue weighted by atomic mass is 9.81. The molecule has 2 aromatic rings. The standard InChI is InChI=1S/C16H20FN5O/c1-16(3-4-22(2)8-16)11(7-18)15-20-12-6-9(17)5-10(14(19)23)13(12)21-15/h5-7H,3-4,8,18H2,1-2H3,(H2,19,23)(H,20,21). The van der Waals surface area contributed by atoms with Crippen LogP contribution in [0.5, 0.6) is 0 Å². The molecule has 0 saturated carbocycles. The number of nitrogens with two attached hydrogens (primary N) is 2. The van der Waals surface area contributed by atoms with Gasteiger partial charge in [0.05, 0.1) is 11.1 Å². The average molecular weight is 317 g/mol. The van der Waals surface area contributed by atoms with Crippen LogP contribution in [0.1, 0.15) is 29.5 Å². The Morgan fingerprint density at radius 3 is 2.83 bits per heavy atom. The van der Waals surface area contributed by atoms with Gasteiger partial charge >= 0.3 is 0 Å². The first-order chi connectivity index (χ1) is 10.8. The Kier molecular flexibility index (Phi) is 3.60. The monoisotopic (exact) mass is 317 g/mol. The van der Waals surface area contributed by atoms with Crippen molar-refractivity contribution >= 4 is 22.5 Å². The highest BCUT2D eigenvalue weighted by Crippen LogP contribution is 2.41. The summed E-state index contributed by atoms with van der Waals surface area (Å²) in [6.45, 7) is 3.94. The molecule has 1 aliphatic heterocycles. The van der Waals surface area contributed by atoms with Gasteiger partial charge in [0.1, 0.15) is 17.2 Å². The lowest BCUT2D eigenvalue weighted by molar-refractivity contribution is 0.100. The maximum Gasteiger partial charge on any atom is 0.251 e. The molecule has 3 rings (SSSR count). The summed E-state index contributed by atoms with van der Waals surface area (Å²) in [5.74, 6) is -0.697. The van der Waals surface area contributed by atoms with E-state index in [-0.39, 0.29) is 11.0 Å². The number of nitrogens with one attached hydrogen (secondary N) is 1. The molecule has 1 saturated heterocycles. The van der Waals surface area contributed by atoms with Crippen LogP contribution in [0, 0.1) is 11.2 Å². The van der Waals surface area contributed by atoms with Crippen LogP contribution in [-0.2, 0) is 0 Å². The van der Waals surface area contributed by atoms with Crippen LogP contribution in [0.15, 0.2) is 18.3 Å². The summed E-state index contributed by atoms with van der Waals surface area (Å²) in [5, 5.41) is 0. The van der Waals surface area contributed by atoms with Gasteiger partial charge in [-0.2, -0.15) is 0 Å². The van der Waals surface area contributed by atoms with Crippen LogP contribution in [0.3, 0.4) is 0 Å². The lowest BCUT2D eigenvalue weighted by Gasteiger charge is -2.25. The van der Waals surface area contributed by atoms with Gasteiger partial charge in [-0.25, -0.2) is 9.37 Å². The average Bonchev–Trinajstić information content (AvgIpc) is 3.02. The normalized spacial score (nSPS) is 22.8. The highest BCUT2D eigenvalue weighted by Gasteiger charge is 2.37. The van der Waals surface area contributed by atoms with Crippen molar-refractivity contribution < 1.29 is 9.18 Å². The van der Waals surface area contributed by atoms with Crippen LogP contribution in [0.2, 0.25) is 0 Å². The number of rotatable bonds is 3.